The number of unbranched alkanes of at least 4 members (excludes halogenated alkanes) is 2. The third-order valence-corrected chi connectivity index (χ3v) is 7.05. The molecule has 6 nitrogen and oxygen atoms in total. The van der Waals surface area contributed by atoms with Crippen LogP contribution < -0.4 is 19.5 Å². The van der Waals surface area contributed by atoms with Gasteiger partial charge < -0.3 is 19.4 Å². The number of oxazole rings is 1. The average molecular weight is 558 g/mol. The van der Waals surface area contributed by atoms with Crippen LogP contribution in [0.3, 0.4) is 0 Å². The normalized spacial score (nSPS) is 14.3. The quantitative estimate of drug-likeness (QED) is 0.183. The van der Waals surface area contributed by atoms with Crippen molar-refractivity contribution in [2.75, 3.05) is 18.0 Å². The highest BCUT2D eigenvalue weighted by Crippen LogP contribution is 2.40. The number of allylic oxidation sites excluding steroid dienone is 2. The van der Waals surface area contributed by atoms with Crippen LogP contribution in [0.5, 0.6) is 5.75 Å². The van der Waals surface area contributed by atoms with Gasteiger partial charge in [0.25, 0.3) is 5.52 Å². The van der Waals surface area contributed by atoms with E-state index in [-0.39, 0.29) is 5.91 Å². The topological polar surface area (TPSA) is 58.6 Å². The van der Waals surface area contributed by atoms with Crippen molar-refractivity contribution >= 4 is 52.0 Å². The van der Waals surface area contributed by atoms with Gasteiger partial charge in [-0.3, -0.25) is 4.79 Å². The second-order valence-electron chi connectivity index (χ2n) is 9.38. The zero-order valence-electron chi connectivity index (χ0n) is 22.4. The van der Waals surface area contributed by atoms with E-state index >= 15 is 0 Å². The van der Waals surface area contributed by atoms with E-state index < -0.39 is 0 Å². The Balaban J connectivity index is 1.55. The van der Waals surface area contributed by atoms with E-state index in [1.165, 1.54) is 0 Å². The van der Waals surface area contributed by atoms with Crippen LogP contribution in [-0.2, 0) is 11.3 Å². The lowest BCUT2D eigenvalue weighted by Gasteiger charge is -2.16. The Morgan fingerprint density at radius 3 is 2.61 bits per heavy atom. The van der Waals surface area contributed by atoms with Crippen LogP contribution in [0.25, 0.3) is 17.2 Å². The first kappa shape index (κ1) is 28.1. The molecule has 1 aliphatic rings. The lowest BCUT2D eigenvalue weighted by Crippen LogP contribution is -2.35. The van der Waals surface area contributed by atoms with E-state index in [1.807, 2.05) is 36.4 Å². The minimum Gasteiger partial charge on any atom is -0.439 e. The molecule has 0 spiro atoms. The third-order valence-electron chi connectivity index (χ3n) is 6.58. The molecule has 0 aliphatic carbocycles. The molecule has 0 unspecified atom stereocenters. The Morgan fingerprint density at radius 1 is 1.05 bits per heavy atom. The van der Waals surface area contributed by atoms with Crippen molar-refractivity contribution in [2.24, 2.45) is 0 Å². The molecule has 4 rings (SSSR count). The van der Waals surface area contributed by atoms with Crippen molar-refractivity contribution in [1.82, 2.24) is 5.32 Å². The summed E-state index contributed by atoms with van der Waals surface area (Å²) in [5, 5.41) is 4.29. The van der Waals surface area contributed by atoms with Crippen LogP contribution in [0.15, 0.2) is 58.3 Å². The van der Waals surface area contributed by atoms with E-state index in [0.717, 1.165) is 91.6 Å². The maximum Gasteiger partial charge on any atom is 0.374 e. The van der Waals surface area contributed by atoms with E-state index in [0.29, 0.717) is 16.5 Å². The van der Waals surface area contributed by atoms with Gasteiger partial charge in [0.1, 0.15) is 0 Å². The Hall–Kier alpha value is -2.96. The number of aryl methyl sites for hydroxylation is 1. The van der Waals surface area contributed by atoms with E-state index in [1.54, 1.807) is 0 Å². The standard InChI is InChI=1S/C30H35Cl2N3O3/c1-4-15-33-28(36)10-8-7-9-16-35-25-20-23(32)12-14-27(25)38-30(35)18-21(5-2)17-29-34(6-3)24-19-22(31)11-13-26(24)37-29/h11-14,17-20H,4-10,15-16H2,1-3H3/p+1. The minimum absolute atomic E-state index is 0.129. The zero-order valence-corrected chi connectivity index (χ0v) is 23.9. The zero-order chi connectivity index (χ0) is 27.1. The van der Waals surface area contributed by atoms with Crippen LogP contribution in [0.4, 0.5) is 5.69 Å². The molecular formula is C30H36Cl2N3O3+. The fraction of sp³-hybridized carbons (Fsp3) is 0.400. The second kappa shape index (κ2) is 13.2. The van der Waals surface area contributed by atoms with Crippen molar-refractivity contribution in [3.8, 4) is 5.75 Å². The molecule has 0 saturated carbocycles. The Labute approximate surface area is 234 Å². The molecule has 38 heavy (non-hydrogen) atoms. The van der Waals surface area contributed by atoms with Gasteiger partial charge in [0.15, 0.2) is 12.3 Å². The first-order valence-corrected chi connectivity index (χ1v) is 14.2. The van der Waals surface area contributed by atoms with Crippen molar-refractivity contribution < 1.29 is 18.5 Å². The predicted octanol–water partition coefficient (Wildman–Crippen LogP) is 7.67. The number of carbonyl (C=O) groups is 1. The van der Waals surface area contributed by atoms with Crippen molar-refractivity contribution in [3.63, 3.8) is 0 Å². The number of halogens is 2. The lowest BCUT2D eigenvalue weighted by atomic mass is 10.1. The molecule has 1 N–H and O–H groups in total. The molecule has 202 valence electrons. The summed E-state index contributed by atoms with van der Waals surface area (Å²) in [6.07, 6.45) is 9.19. The highest BCUT2D eigenvalue weighted by Gasteiger charge is 2.26. The number of fused-ring (bicyclic) bond motifs is 2. The number of hydrogen-bond acceptors (Lipinski definition) is 4. The first-order chi connectivity index (χ1) is 18.4. The molecule has 1 amide bonds. The smallest absolute Gasteiger partial charge is 0.374 e. The maximum absolute atomic E-state index is 11.9. The second-order valence-corrected chi connectivity index (χ2v) is 10.3. The number of nitrogens with zero attached hydrogens (tertiary/aromatic N) is 2. The van der Waals surface area contributed by atoms with Crippen molar-refractivity contribution in [3.05, 3.63) is 69.9 Å². The molecule has 0 fully saturated rings. The minimum atomic E-state index is 0.129. The van der Waals surface area contributed by atoms with E-state index in [2.05, 4.69) is 47.7 Å². The molecule has 3 aromatic rings. The van der Waals surface area contributed by atoms with Gasteiger partial charge >= 0.3 is 5.89 Å². The Kier molecular flexibility index (Phi) is 9.75. The first-order valence-electron chi connectivity index (χ1n) is 13.5. The monoisotopic (exact) mass is 556 g/mol. The number of nitrogens with one attached hydrogen (secondary N) is 1. The number of ether oxygens (including phenoxy) is 1. The Bertz CT molecular complexity index is 1350. The number of hydrogen-bond donors (Lipinski definition) is 1. The summed E-state index contributed by atoms with van der Waals surface area (Å²) < 4.78 is 14.6. The number of rotatable bonds is 12. The van der Waals surface area contributed by atoms with E-state index in [4.69, 9.17) is 32.4 Å². The summed E-state index contributed by atoms with van der Waals surface area (Å²) in [5.74, 6) is 2.46. The third kappa shape index (κ3) is 6.72. The van der Waals surface area contributed by atoms with Crippen LogP contribution in [0.1, 0.15) is 65.2 Å². The summed E-state index contributed by atoms with van der Waals surface area (Å²) in [6.45, 7) is 8.53. The molecule has 0 radical (unpaired) electrons. The number of benzene rings is 2. The SMILES string of the molecule is CCCNC(=O)CCCCC[n+]1c(C=C(C=C2Oc3ccc(Cl)cc3N2CC)CC)oc2ccc(Cl)cc21. The number of anilines is 1. The molecule has 2 aromatic carbocycles. The van der Waals surface area contributed by atoms with Gasteiger partial charge in [-0.05, 0) is 68.5 Å². The number of carbonyl (C=O) groups excluding carboxylic acids is 1. The molecule has 0 saturated heterocycles. The van der Waals surface area contributed by atoms with Crippen LogP contribution in [0.2, 0.25) is 10.0 Å². The molecule has 1 aromatic heterocycles. The summed E-state index contributed by atoms with van der Waals surface area (Å²) in [5.41, 5.74) is 3.79. The molecule has 2 heterocycles. The van der Waals surface area contributed by atoms with Crippen LogP contribution in [0, 0.1) is 0 Å². The van der Waals surface area contributed by atoms with Gasteiger partial charge in [-0.1, -0.05) is 37.0 Å². The largest absolute Gasteiger partial charge is 0.439 e. The van der Waals surface area contributed by atoms with Crippen molar-refractivity contribution in [1.29, 1.82) is 0 Å². The molecule has 0 atom stereocenters. The van der Waals surface area contributed by atoms with Gasteiger partial charge in [0.05, 0.1) is 11.8 Å². The maximum atomic E-state index is 11.9. The predicted molar refractivity (Wildman–Crippen MR) is 155 cm³/mol. The molecule has 8 heteroatoms. The molecule has 0 bridgehead atoms. The molecule has 1 aliphatic heterocycles. The summed E-state index contributed by atoms with van der Waals surface area (Å²) in [4.78, 5) is 14.0. The average Bonchev–Trinajstić information content (AvgIpc) is 3.42. The highest BCUT2D eigenvalue weighted by atomic mass is 35.5. The van der Waals surface area contributed by atoms with Crippen molar-refractivity contribution in [2.45, 2.75) is 65.8 Å². The lowest BCUT2D eigenvalue weighted by molar-refractivity contribution is -0.678. The number of aromatic nitrogens is 1. The molecular weight excluding hydrogens is 521 g/mol. The summed E-state index contributed by atoms with van der Waals surface area (Å²) in [7, 11) is 0. The summed E-state index contributed by atoms with van der Waals surface area (Å²) >= 11 is 12.6. The van der Waals surface area contributed by atoms with Crippen LogP contribution in [-0.4, -0.2) is 19.0 Å². The van der Waals surface area contributed by atoms with Crippen LogP contribution >= 0.6 is 23.2 Å². The Morgan fingerprint density at radius 2 is 1.84 bits per heavy atom. The fourth-order valence-electron chi connectivity index (χ4n) is 4.57. The van der Waals surface area contributed by atoms with Gasteiger partial charge in [0.2, 0.25) is 17.4 Å². The highest BCUT2D eigenvalue weighted by molar-refractivity contribution is 6.31. The van der Waals surface area contributed by atoms with Gasteiger partial charge in [-0.15, -0.1) is 0 Å². The van der Waals surface area contributed by atoms with E-state index in [9.17, 15) is 4.79 Å². The number of amides is 1. The summed E-state index contributed by atoms with van der Waals surface area (Å²) in [6, 6.07) is 11.4. The van der Waals surface area contributed by atoms with Gasteiger partial charge in [-0.25, -0.2) is 0 Å². The fourth-order valence-corrected chi connectivity index (χ4v) is 4.90. The van der Waals surface area contributed by atoms with Gasteiger partial charge in [0, 0.05) is 48.1 Å². The van der Waals surface area contributed by atoms with Gasteiger partial charge in [-0.2, -0.15) is 4.57 Å².